The Hall–Kier alpha value is -3.79. The maximum atomic E-state index is 14.0. The predicted molar refractivity (Wildman–Crippen MR) is 120 cm³/mol. The van der Waals surface area contributed by atoms with Gasteiger partial charge in [-0.1, -0.05) is 24.3 Å². The van der Waals surface area contributed by atoms with E-state index in [-0.39, 0.29) is 29.2 Å². The first-order chi connectivity index (χ1) is 15.8. The fourth-order valence-corrected chi connectivity index (χ4v) is 4.14. The molecule has 1 aliphatic heterocycles. The maximum absolute atomic E-state index is 14.0. The second-order valence-electron chi connectivity index (χ2n) is 7.15. The molecule has 0 bridgehead atoms. The molecule has 2 aromatic carbocycles. The van der Waals surface area contributed by atoms with Gasteiger partial charge in [0.25, 0.3) is 17.1 Å². The van der Waals surface area contributed by atoms with Gasteiger partial charge < -0.3 is 5.32 Å². The summed E-state index contributed by atoms with van der Waals surface area (Å²) in [5, 5.41) is 6.30. The summed E-state index contributed by atoms with van der Waals surface area (Å²) >= 11 is 0.784. The number of carbonyl (C=O) groups is 3. The van der Waals surface area contributed by atoms with Gasteiger partial charge in [0.05, 0.1) is 22.4 Å². The second-order valence-corrected chi connectivity index (χ2v) is 8.14. The summed E-state index contributed by atoms with van der Waals surface area (Å²) in [5.41, 5.74) is 1.52. The maximum Gasteiger partial charge on any atom is 0.293 e. The van der Waals surface area contributed by atoms with Gasteiger partial charge in [-0.15, -0.1) is 0 Å². The Morgan fingerprint density at radius 3 is 2.58 bits per heavy atom. The molecule has 168 valence electrons. The van der Waals surface area contributed by atoms with Gasteiger partial charge in [-0.05, 0) is 54.6 Å². The van der Waals surface area contributed by atoms with E-state index < -0.39 is 28.7 Å². The lowest BCUT2D eigenvalue weighted by Crippen LogP contribution is -2.37. The van der Waals surface area contributed by atoms with Crippen molar-refractivity contribution in [1.82, 2.24) is 20.0 Å². The van der Waals surface area contributed by atoms with Gasteiger partial charge in [-0.3, -0.25) is 19.3 Å². The Morgan fingerprint density at radius 2 is 1.85 bits per heavy atom. The van der Waals surface area contributed by atoms with E-state index in [1.165, 1.54) is 47.3 Å². The van der Waals surface area contributed by atoms with Crippen molar-refractivity contribution in [2.75, 3.05) is 13.1 Å². The van der Waals surface area contributed by atoms with E-state index in [0.717, 1.165) is 16.7 Å². The van der Waals surface area contributed by atoms with Crippen molar-refractivity contribution in [1.29, 1.82) is 0 Å². The summed E-state index contributed by atoms with van der Waals surface area (Å²) in [6, 6.07) is 11.6. The van der Waals surface area contributed by atoms with Crippen LogP contribution in [0.5, 0.6) is 0 Å². The topological polar surface area (TPSA) is 84.3 Å². The highest BCUT2D eigenvalue weighted by molar-refractivity contribution is 8.18. The third kappa shape index (κ3) is 4.70. The first kappa shape index (κ1) is 22.4. The number of para-hydroxylation sites is 1. The normalized spacial score (nSPS) is 14.9. The van der Waals surface area contributed by atoms with Crippen molar-refractivity contribution in [3.8, 4) is 5.69 Å². The third-order valence-corrected chi connectivity index (χ3v) is 5.90. The molecule has 33 heavy (non-hydrogen) atoms. The second kappa shape index (κ2) is 9.37. The molecule has 2 heterocycles. The fraction of sp³-hybridized carbons (Fsp3) is 0.130. The van der Waals surface area contributed by atoms with Crippen molar-refractivity contribution in [2.24, 2.45) is 0 Å². The van der Waals surface area contributed by atoms with Crippen molar-refractivity contribution in [2.45, 2.75) is 6.92 Å². The predicted octanol–water partition coefficient (Wildman–Crippen LogP) is 3.93. The van der Waals surface area contributed by atoms with Gasteiger partial charge in [0.1, 0.15) is 17.3 Å². The van der Waals surface area contributed by atoms with Crippen molar-refractivity contribution in [3.05, 3.63) is 88.1 Å². The number of aromatic nitrogens is 2. The van der Waals surface area contributed by atoms with Crippen LogP contribution in [0.1, 0.15) is 21.6 Å². The molecule has 3 amide bonds. The fourth-order valence-electron chi connectivity index (χ4n) is 3.28. The van der Waals surface area contributed by atoms with Gasteiger partial charge in [-0.25, -0.2) is 13.5 Å². The van der Waals surface area contributed by atoms with E-state index in [1.54, 1.807) is 25.1 Å². The van der Waals surface area contributed by atoms with Gasteiger partial charge in [0, 0.05) is 13.1 Å². The number of imide groups is 1. The van der Waals surface area contributed by atoms with Crippen molar-refractivity contribution < 1.29 is 23.2 Å². The number of rotatable bonds is 6. The molecule has 0 spiro atoms. The van der Waals surface area contributed by atoms with Crippen LogP contribution in [-0.4, -0.2) is 44.8 Å². The Bertz CT molecular complexity index is 1270. The van der Waals surface area contributed by atoms with E-state index in [1.807, 2.05) is 0 Å². The van der Waals surface area contributed by atoms with Crippen LogP contribution < -0.4 is 5.32 Å². The highest BCUT2D eigenvalue weighted by Crippen LogP contribution is 2.31. The molecule has 0 aliphatic carbocycles. The lowest BCUT2D eigenvalue weighted by Gasteiger charge is -2.13. The average molecular weight is 468 g/mol. The van der Waals surface area contributed by atoms with E-state index in [4.69, 9.17) is 0 Å². The van der Waals surface area contributed by atoms with Crippen LogP contribution in [0.4, 0.5) is 13.6 Å². The van der Waals surface area contributed by atoms with E-state index in [9.17, 15) is 23.2 Å². The highest BCUT2D eigenvalue weighted by atomic mass is 32.2. The third-order valence-electron chi connectivity index (χ3n) is 5.00. The quantitative estimate of drug-likeness (QED) is 0.555. The molecule has 3 aromatic rings. The SMILES string of the molecule is Cc1c(C(=O)NCCN2C(=O)S/C(=C\c3ccc(F)cc3)C2=O)cnn1-c1ccccc1F. The number of hydrogen-bond donors (Lipinski definition) is 1. The average Bonchev–Trinajstić information content (AvgIpc) is 3.30. The number of nitrogens with one attached hydrogen (secondary N) is 1. The number of amides is 3. The number of hydrogen-bond acceptors (Lipinski definition) is 5. The number of halogens is 2. The Kier molecular flexibility index (Phi) is 6.36. The summed E-state index contributed by atoms with van der Waals surface area (Å²) in [6.07, 6.45) is 2.85. The molecular formula is C23H18F2N4O3S. The summed E-state index contributed by atoms with van der Waals surface area (Å²) < 4.78 is 28.4. The zero-order valence-corrected chi connectivity index (χ0v) is 18.2. The van der Waals surface area contributed by atoms with Crippen molar-refractivity contribution in [3.63, 3.8) is 0 Å². The van der Waals surface area contributed by atoms with E-state index in [2.05, 4.69) is 10.4 Å². The molecule has 0 unspecified atom stereocenters. The van der Waals surface area contributed by atoms with Gasteiger partial charge in [0.2, 0.25) is 0 Å². The molecule has 1 N–H and O–H groups in total. The molecular weight excluding hydrogens is 450 g/mol. The molecule has 0 radical (unpaired) electrons. The minimum atomic E-state index is -0.480. The largest absolute Gasteiger partial charge is 0.350 e. The van der Waals surface area contributed by atoms with Crippen molar-refractivity contribution >= 4 is 34.9 Å². The number of carbonyl (C=O) groups excluding carboxylic acids is 3. The van der Waals surface area contributed by atoms with Crippen LogP contribution >= 0.6 is 11.8 Å². The van der Waals surface area contributed by atoms with Crippen LogP contribution in [0, 0.1) is 18.6 Å². The van der Waals surface area contributed by atoms with Crippen LogP contribution in [0.25, 0.3) is 11.8 Å². The number of benzene rings is 2. The lowest BCUT2D eigenvalue weighted by molar-refractivity contribution is -0.122. The van der Waals surface area contributed by atoms with Crippen LogP contribution in [-0.2, 0) is 4.79 Å². The van der Waals surface area contributed by atoms with Crippen LogP contribution in [0.15, 0.2) is 59.6 Å². The summed E-state index contributed by atoms with van der Waals surface area (Å²) in [6.45, 7) is 1.66. The minimum absolute atomic E-state index is 0.0162. The van der Waals surface area contributed by atoms with Gasteiger partial charge in [0.15, 0.2) is 0 Å². The molecule has 1 aliphatic rings. The minimum Gasteiger partial charge on any atom is -0.350 e. The Balaban J connectivity index is 1.38. The number of thioether (sulfide) groups is 1. The zero-order valence-electron chi connectivity index (χ0n) is 17.4. The van der Waals surface area contributed by atoms with Crippen LogP contribution in [0.2, 0.25) is 0 Å². The zero-order chi connectivity index (χ0) is 23.5. The first-order valence-corrected chi connectivity index (χ1v) is 10.8. The standard InChI is InChI=1S/C23H18F2N4O3S/c1-14-17(13-27-29(14)19-5-3-2-4-18(19)25)21(30)26-10-11-28-22(31)20(33-23(28)32)12-15-6-8-16(24)9-7-15/h2-9,12-13H,10-11H2,1H3,(H,26,30)/b20-12-. The molecule has 1 saturated heterocycles. The van der Waals surface area contributed by atoms with Crippen LogP contribution in [0.3, 0.4) is 0 Å². The molecule has 0 atom stereocenters. The van der Waals surface area contributed by atoms with E-state index in [0.29, 0.717) is 11.3 Å². The van der Waals surface area contributed by atoms with Gasteiger partial charge >= 0.3 is 0 Å². The van der Waals surface area contributed by atoms with E-state index >= 15 is 0 Å². The summed E-state index contributed by atoms with van der Waals surface area (Å²) in [5.74, 6) is -1.80. The monoisotopic (exact) mass is 468 g/mol. The summed E-state index contributed by atoms with van der Waals surface area (Å²) in [4.78, 5) is 38.6. The molecule has 1 fully saturated rings. The molecule has 1 aromatic heterocycles. The Labute approximate surface area is 192 Å². The lowest BCUT2D eigenvalue weighted by atomic mass is 10.2. The van der Waals surface area contributed by atoms with Gasteiger partial charge in [-0.2, -0.15) is 5.10 Å². The Morgan fingerprint density at radius 1 is 1.12 bits per heavy atom. The molecule has 0 saturated carbocycles. The smallest absolute Gasteiger partial charge is 0.293 e. The number of nitrogens with zero attached hydrogens (tertiary/aromatic N) is 3. The first-order valence-electron chi connectivity index (χ1n) is 9.94. The highest BCUT2D eigenvalue weighted by Gasteiger charge is 2.34. The molecule has 4 rings (SSSR count). The summed E-state index contributed by atoms with van der Waals surface area (Å²) in [7, 11) is 0. The molecule has 7 nitrogen and oxygen atoms in total. The molecule has 10 heteroatoms.